The number of aromatic carboxylic acids is 1. The number of hydrogen-bond donors (Lipinski definition) is 1. The molecule has 2 heteroatoms. The molecule has 1 aromatic carbocycles. The Hall–Kier alpha value is -1.31. The maximum absolute atomic E-state index is 10.5. The van der Waals surface area contributed by atoms with Gasteiger partial charge in [-0.05, 0) is 31.0 Å². The summed E-state index contributed by atoms with van der Waals surface area (Å²) in [5.41, 5.74) is 1.84. The number of hydrogen-bond acceptors (Lipinski definition) is 1. The third kappa shape index (κ3) is 1.40. The standard InChI is InChI=1S/C9H9O2/c1-6-4-3-5-8(7(6)2)9(10)11/h3-5H,1H2,2H3,(H,10,11). The van der Waals surface area contributed by atoms with Gasteiger partial charge in [-0.25, -0.2) is 4.79 Å². The lowest BCUT2D eigenvalue weighted by Crippen LogP contribution is -2.00. The van der Waals surface area contributed by atoms with Crippen LogP contribution in [0.5, 0.6) is 0 Å². The fourth-order valence-corrected chi connectivity index (χ4v) is 0.915. The first-order valence-electron chi connectivity index (χ1n) is 3.28. The summed E-state index contributed by atoms with van der Waals surface area (Å²) in [6.07, 6.45) is 0. The van der Waals surface area contributed by atoms with Crippen molar-refractivity contribution >= 4 is 5.97 Å². The maximum atomic E-state index is 10.5. The van der Waals surface area contributed by atoms with Crippen LogP contribution in [0.2, 0.25) is 0 Å². The molecule has 0 aliphatic rings. The first kappa shape index (κ1) is 7.79. The quantitative estimate of drug-likeness (QED) is 0.661. The molecule has 1 radical (unpaired) electrons. The Morgan fingerprint density at radius 3 is 2.64 bits per heavy atom. The first-order valence-corrected chi connectivity index (χ1v) is 3.28. The minimum absolute atomic E-state index is 0.331. The average molecular weight is 149 g/mol. The molecule has 0 fully saturated rings. The summed E-state index contributed by atoms with van der Waals surface area (Å²) in [5.74, 6) is -0.895. The predicted molar refractivity (Wildman–Crippen MR) is 42.6 cm³/mol. The van der Waals surface area contributed by atoms with Gasteiger partial charge in [-0.2, -0.15) is 0 Å². The summed E-state index contributed by atoms with van der Waals surface area (Å²) in [7, 11) is 0. The Kier molecular flexibility index (Phi) is 1.94. The molecule has 2 nitrogen and oxygen atoms in total. The van der Waals surface area contributed by atoms with Crippen LogP contribution in [0.15, 0.2) is 18.2 Å². The van der Waals surface area contributed by atoms with Gasteiger partial charge >= 0.3 is 5.97 Å². The molecule has 0 aromatic heterocycles. The Bertz CT molecular complexity index is 290. The second-order valence-electron chi connectivity index (χ2n) is 2.39. The van der Waals surface area contributed by atoms with Crippen LogP contribution in [0.3, 0.4) is 0 Å². The van der Waals surface area contributed by atoms with Gasteiger partial charge in [-0.3, -0.25) is 0 Å². The molecule has 11 heavy (non-hydrogen) atoms. The second-order valence-corrected chi connectivity index (χ2v) is 2.39. The molecule has 0 aliphatic heterocycles. The van der Waals surface area contributed by atoms with Gasteiger partial charge in [0.05, 0.1) is 5.56 Å². The Labute approximate surface area is 65.5 Å². The number of carboxylic acids is 1. The van der Waals surface area contributed by atoms with Crippen molar-refractivity contribution in [2.24, 2.45) is 0 Å². The molecule has 0 unspecified atom stereocenters. The van der Waals surface area contributed by atoms with E-state index in [0.29, 0.717) is 5.56 Å². The third-order valence-corrected chi connectivity index (χ3v) is 1.68. The van der Waals surface area contributed by atoms with E-state index in [0.717, 1.165) is 11.1 Å². The van der Waals surface area contributed by atoms with Crippen molar-refractivity contribution in [3.8, 4) is 0 Å². The van der Waals surface area contributed by atoms with Crippen molar-refractivity contribution in [1.29, 1.82) is 0 Å². The molecule has 0 heterocycles. The number of carboxylic acid groups (broad SMARTS) is 1. The molecule has 0 atom stereocenters. The molecule has 1 rings (SSSR count). The maximum Gasteiger partial charge on any atom is 0.335 e. The van der Waals surface area contributed by atoms with Crippen LogP contribution in [-0.2, 0) is 0 Å². The monoisotopic (exact) mass is 149 g/mol. The summed E-state index contributed by atoms with van der Waals surface area (Å²) in [6, 6.07) is 5.06. The minimum atomic E-state index is -0.895. The highest BCUT2D eigenvalue weighted by molar-refractivity contribution is 5.89. The molecule has 57 valence electrons. The molecule has 0 saturated carbocycles. The first-order chi connectivity index (χ1) is 5.13. The van der Waals surface area contributed by atoms with Crippen LogP contribution in [-0.4, -0.2) is 11.1 Å². The Balaban J connectivity index is 3.27. The Morgan fingerprint density at radius 2 is 2.18 bits per heavy atom. The lowest BCUT2D eigenvalue weighted by Gasteiger charge is -2.02. The smallest absolute Gasteiger partial charge is 0.335 e. The van der Waals surface area contributed by atoms with Crippen LogP contribution < -0.4 is 0 Å². The highest BCUT2D eigenvalue weighted by Gasteiger charge is 2.06. The van der Waals surface area contributed by atoms with Crippen molar-refractivity contribution in [3.05, 3.63) is 41.8 Å². The molecule has 0 saturated heterocycles. The topological polar surface area (TPSA) is 37.3 Å². The Morgan fingerprint density at radius 1 is 1.55 bits per heavy atom. The van der Waals surface area contributed by atoms with Crippen molar-refractivity contribution in [2.45, 2.75) is 6.92 Å². The second kappa shape index (κ2) is 2.74. The molecule has 0 spiro atoms. The van der Waals surface area contributed by atoms with Crippen LogP contribution in [0, 0.1) is 13.8 Å². The summed E-state index contributed by atoms with van der Waals surface area (Å²) >= 11 is 0. The van der Waals surface area contributed by atoms with Crippen LogP contribution in [0.25, 0.3) is 0 Å². The van der Waals surface area contributed by atoms with E-state index >= 15 is 0 Å². The highest BCUT2D eigenvalue weighted by atomic mass is 16.4. The van der Waals surface area contributed by atoms with Crippen LogP contribution >= 0.6 is 0 Å². The molecule has 0 amide bonds. The molecular formula is C9H9O2. The van der Waals surface area contributed by atoms with Crippen LogP contribution in [0.1, 0.15) is 21.5 Å². The minimum Gasteiger partial charge on any atom is -0.478 e. The van der Waals surface area contributed by atoms with E-state index in [2.05, 4.69) is 6.92 Å². The van der Waals surface area contributed by atoms with E-state index < -0.39 is 5.97 Å². The van der Waals surface area contributed by atoms with Gasteiger partial charge in [0.15, 0.2) is 0 Å². The normalized spacial score (nSPS) is 9.64. The van der Waals surface area contributed by atoms with Crippen molar-refractivity contribution in [3.63, 3.8) is 0 Å². The van der Waals surface area contributed by atoms with Gasteiger partial charge in [-0.1, -0.05) is 12.1 Å². The fraction of sp³-hybridized carbons (Fsp3) is 0.111. The zero-order valence-electron chi connectivity index (χ0n) is 6.29. The lowest BCUT2D eigenvalue weighted by atomic mass is 10.0. The lowest BCUT2D eigenvalue weighted by molar-refractivity contribution is 0.0696. The van der Waals surface area contributed by atoms with E-state index in [-0.39, 0.29) is 0 Å². The van der Waals surface area contributed by atoms with Crippen LogP contribution in [0.4, 0.5) is 0 Å². The number of carbonyl (C=O) groups is 1. The van der Waals surface area contributed by atoms with E-state index in [1.54, 1.807) is 25.1 Å². The van der Waals surface area contributed by atoms with Crippen molar-refractivity contribution in [1.82, 2.24) is 0 Å². The summed E-state index contributed by atoms with van der Waals surface area (Å²) < 4.78 is 0. The van der Waals surface area contributed by atoms with E-state index in [9.17, 15) is 4.79 Å². The fourth-order valence-electron chi connectivity index (χ4n) is 0.915. The molecule has 1 N–H and O–H groups in total. The van der Waals surface area contributed by atoms with Gasteiger partial charge in [0.2, 0.25) is 0 Å². The molecule has 0 bridgehead atoms. The van der Waals surface area contributed by atoms with Crippen molar-refractivity contribution in [2.75, 3.05) is 0 Å². The largest absolute Gasteiger partial charge is 0.478 e. The highest BCUT2D eigenvalue weighted by Crippen LogP contribution is 2.11. The number of benzene rings is 1. The zero-order valence-corrected chi connectivity index (χ0v) is 6.29. The van der Waals surface area contributed by atoms with E-state index in [1.165, 1.54) is 0 Å². The third-order valence-electron chi connectivity index (χ3n) is 1.68. The molecular weight excluding hydrogens is 140 g/mol. The van der Waals surface area contributed by atoms with Gasteiger partial charge in [0, 0.05) is 0 Å². The summed E-state index contributed by atoms with van der Waals surface area (Å²) in [5, 5.41) is 8.66. The van der Waals surface area contributed by atoms with Gasteiger partial charge in [0.1, 0.15) is 0 Å². The van der Waals surface area contributed by atoms with E-state index in [4.69, 9.17) is 5.11 Å². The van der Waals surface area contributed by atoms with Crippen molar-refractivity contribution < 1.29 is 9.90 Å². The molecule has 0 aliphatic carbocycles. The SMILES string of the molecule is [CH2]c1cccc(C(=O)O)c1C. The molecule has 1 aromatic rings. The van der Waals surface area contributed by atoms with Gasteiger partial charge in [-0.15, -0.1) is 0 Å². The van der Waals surface area contributed by atoms with E-state index in [1.807, 2.05) is 0 Å². The summed E-state index contributed by atoms with van der Waals surface area (Å²) in [4.78, 5) is 10.5. The van der Waals surface area contributed by atoms with Gasteiger partial charge < -0.3 is 5.11 Å². The average Bonchev–Trinajstić information content (AvgIpc) is 1.94. The van der Waals surface area contributed by atoms with Gasteiger partial charge in [0.25, 0.3) is 0 Å². The predicted octanol–water partition coefficient (Wildman–Crippen LogP) is 1.88. The zero-order chi connectivity index (χ0) is 8.43. The summed E-state index contributed by atoms with van der Waals surface area (Å²) in [6.45, 7) is 5.46. The number of rotatable bonds is 1.